The number of aromatic nitrogens is 1. The van der Waals surface area contributed by atoms with E-state index >= 15 is 0 Å². The molecule has 0 aliphatic rings. The molecule has 1 aromatic carbocycles. The van der Waals surface area contributed by atoms with Gasteiger partial charge in [0.05, 0.1) is 16.0 Å². The molecule has 0 spiro atoms. The Morgan fingerprint density at radius 2 is 2.14 bits per heavy atom. The minimum Gasteiger partial charge on any atom is -0.478 e. The second-order valence-electron chi connectivity index (χ2n) is 3.76. The summed E-state index contributed by atoms with van der Waals surface area (Å²) in [5, 5.41) is 19.4. The fraction of sp³-hybridized carbons (Fsp3) is 0. The highest BCUT2D eigenvalue weighted by molar-refractivity contribution is 6.32. The molecule has 2 rings (SSSR count). The summed E-state index contributed by atoms with van der Waals surface area (Å²) < 4.78 is 18.9. The van der Waals surface area contributed by atoms with E-state index in [0.29, 0.717) is 0 Å². The Bertz CT molecular complexity index is 738. The average molecular weight is 313 g/mol. The maximum atomic E-state index is 13.9. The summed E-state index contributed by atoms with van der Waals surface area (Å²) in [7, 11) is 0. The van der Waals surface area contributed by atoms with Crippen LogP contribution < -0.4 is 4.74 Å². The first-order valence-electron chi connectivity index (χ1n) is 5.39. The summed E-state index contributed by atoms with van der Waals surface area (Å²) in [6.45, 7) is 0. The van der Waals surface area contributed by atoms with Crippen molar-refractivity contribution in [3.05, 3.63) is 57.0 Å². The predicted octanol–water partition coefficient (Wildman–Crippen LogP) is 3.27. The van der Waals surface area contributed by atoms with Crippen LogP contribution in [0.25, 0.3) is 0 Å². The topological polar surface area (TPSA) is 103 Å². The third kappa shape index (κ3) is 3.06. The van der Waals surface area contributed by atoms with Crippen LogP contribution in [-0.4, -0.2) is 21.0 Å². The zero-order chi connectivity index (χ0) is 15.6. The van der Waals surface area contributed by atoms with E-state index in [-0.39, 0.29) is 16.5 Å². The molecule has 0 aliphatic heterocycles. The molecule has 0 aliphatic carbocycles. The van der Waals surface area contributed by atoms with Crippen LogP contribution in [0.1, 0.15) is 10.4 Å². The number of carboxylic acids is 1. The molecule has 1 aromatic heterocycles. The van der Waals surface area contributed by atoms with Crippen LogP contribution >= 0.6 is 11.6 Å². The van der Waals surface area contributed by atoms with E-state index in [1.54, 1.807) is 0 Å². The number of nitro groups is 1. The van der Waals surface area contributed by atoms with Gasteiger partial charge in [-0.05, 0) is 12.1 Å². The van der Waals surface area contributed by atoms with Crippen molar-refractivity contribution in [3.8, 4) is 11.6 Å². The van der Waals surface area contributed by atoms with Gasteiger partial charge in [0.25, 0.3) is 11.6 Å². The summed E-state index contributed by atoms with van der Waals surface area (Å²) in [4.78, 5) is 24.3. The van der Waals surface area contributed by atoms with E-state index in [4.69, 9.17) is 21.4 Å². The number of benzene rings is 1. The monoisotopic (exact) mass is 312 g/mol. The zero-order valence-electron chi connectivity index (χ0n) is 10.1. The van der Waals surface area contributed by atoms with Crippen LogP contribution in [0.15, 0.2) is 30.5 Å². The van der Waals surface area contributed by atoms with Crippen molar-refractivity contribution in [1.82, 2.24) is 4.98 Å². The van der Waals surface area contributed by atoms with Crippen molar-refractivity contribution < 1.29 is 24.0 Å². The third-order valence-corrected chi connectivity index (χ3v) is 2.73. The number of rotatable bonds is 4. The molecule has 0 saturated carbocycles. The SMILES string of the molecule is O=C(O)c1ccnc(Oc2cc([N+](=O)[O-])ccc2Cl)c1F. The first kappa shape index (κ1) is 14.7. The third-order valence-electron chi connectivity index (χ3n) is 2.42. The molecule has 108 valence electrons. The number of hydrogen-bond acceptors (Lipinski definition) is 5. The van der Waals surface area contributed by atoms with Gasteiger partial charge < -0.3 is 9.84 Å². The molecule has 0 amide bonds. The van der Waals surface area contributed by atoms with Gasteiger partial charge >= 0.3 is 5.97 Å². The first-order chi connectivity index (χ1) is 9.90. The Kier molecular flexibility index (Phi) is 3.99. The van der Waals surface area contributed by atoms with Crippen molar-refractivity contribution in [1.29, 1.82) is 0 Å². The van der Waals surface area contributed by atoms with E-state index < -0.39 is 28.2 Å². The Morgan fingerprint density at radius 3 is 2.76 bits per heavy atom. The molecule has 0 fully saturated rings. The smallest absolute Gasteiger partial charge is 0.338 e. The zero-order valence-corrected chi connectivity index (χ0v) is 10.9. The molecular weight excluding hydrogens is 307 g/mol. The van der Waals surface area contributed by atoms with E-state index in [2.05, 4.69) is 4.98 Å². The Labute approximate surface area is 121 Å². The van der Waals surface area contributed by atoms with E-state index in [1.807, 2.05) is 0 Å². The highest BCUT2D eigenvalue weighted by atomic mass is 35.5. The van der Waals surface area contributed by atoms with Gasteiger partial charge in [-0.2, -0.15) is 0 Å². The van der Waals surface area contributed by atoms with Gasteiger partial charge in [-0.3, -0.25) is 10.1 Å². The van der Waals surface area contributed by atoms with Gasteiger partial charge in [-0.1, -0.05) is 11.6 Å². The number of aromatic carboxylic acids is 1. The molecule has 0 atom stereocenters. The molecule has 7 nitrogen and oxygen atoms in total. The van der Waals surface area contributed by atoms with Crippen LogP contribution in [0.5, 0.6) is 11.6 Å². The lowest BCUT2D eigenvalue weighted by molar-refractivity contribution is -0.384. The van der Waals surface area contributed by atoms with Crippen LogP contribution in [-0.2, 0) is 0 Å². The molecule has 9 heteroatoms. The van der Waals surface area contributed by atoms with Gasteiger partial charge in [-0.15, -0.1) is 0 Å². The summed E-state index contributed by atoms with van der Waals surface area (Å²) in [6, 6.07) is 4.29. The summed E-state index contributed by atoms with van der Waals surface area (Å²) >= 11 is 5.79. The van der Waals surface area contributed by atoms with Crippen molar-refractivity contribution in [2.75, 3.05) is 0 Å². The fourth-order valence-electron chi connectivity index (χ4n) is 1.45. The fourth-order valence-corrected chi connectivity index (χ4v) is 1.60. The van der Waals surface area contributed by atoms with Crippen LogP contribution in [0.2, 0.25) is 5.02 Å². The second-order valence-corrected chi connectivity index (χ2v) is 4.16. The Balaban J connectivity index is 2.43. The molecule has 1 heterocycles. The number of carboxylic acid groups (broad SMARTS) is 1. The molecule has 2 aromatic rings. The molecule has 21 heavy (non-hydrogen) atoms. The summed E-state index contributed by atoms with van der Waals surface area (Å²) in [5.74, 6) is -3.55. The lowest BCUT2D eigenvalue weighted by Gasteiger charge is -2.08. The lowest BCUT2D eigenvalue weighted by atomic mass is 10.2. The van der Waals surface area contributed by atoms with Crippen molar-refractivity contribution in [2.24, 2.45) is 0 Å². The first-order valence-corrected chi connectivity index (χ1v) is 5.77. The van der Waals surface area contributed by atoms with Crippen molar-refractivity contribution in [2.45, 2.75) is 0 Å². The van der Waals surface area contributed by atoms with E-state index in [1.165, 1.54) is 6.07 Å². The molecule has 0 bridgehead atoms. The quantitative estimate of drug-likeness (QED) is 0.686. The lowest BCUT2D eigenvalue weighted by Crippen LogP contribution is -2.03. The van der Waals surface area contributed by atoms with Gasteiger partial charge in [-0.25, -0.2) is 14.2 Å². The highest BCUT2D eigenvalue weighted by Gasteiger charge is 2.19. The van der Waals surface area contributed by atoms with E-state index in [0.717, 1.165) is 24.4 Å². The summed E-state index contributed by atoms with van der Waals surface area (Å²) in [5.41, 5.74) is -0.953. The number of non-ortho nitro benzene ring substituents is 1. The van der Waals surface area contributed by atoms with E-state index in [9.17, 15) is 19.3 Å². The Hall–Kier alpha value is -2.74. The average Bonchev–Trinajstić information content (AvgIpc) is 2.42. The largest absolute Gasteiger partial charge is 0.478 e. The minimum absolute atomic E-state index is 0.0115. The predicted molar refractivity (Wildman–Crippen MR) is 69.3 cm³/mol. The summed E-state index contributed by atoms with van der Waals surface area (Å²) in [6.07, 6.45) is 1.03. The number of halogens is 2. The van der Waals surface area contributed by atoms with Crippen LogP contribution in [0.4, 0.5) is 10.1 Å². The molecule has 1 N–H and O–H groups in total. The highest BCUT2D eigenvalue weighted by Crippen LogP contribution is 2.33. The maximum absolute atomic E-state index is 13.9. The number of nitro benzene ring substituents is 1. The molecule has 0 unspecified atom stereocenters. The van der Waals surface area contributed by atoms with Gasteiger partial charge in [0.1, 0.15) is 5.56 Å². The molecular formula is C12H6ClFN2O5. The number of ether oxygens (including phenoxy) is 1. The Morgan fingerprint density at radius 1 is 1.43 bits per heavy atom. The molecule has 0 saturated heterocycles. The minimum atomic E-state index is -1.50. The standard InChI is InChI=1S/C12H6ClFN2O5/c13-8-2-1-6(16(19)20)5-9(8)21-11-10(14)7(12(17)18)3-4-15-11/h1-5H,(H,17,18). The maximum Gasteiger partial charge on any atom is 0.338 e. The van der Waals surface area contributed by atoms with Crippen molar-refractivity contribution >= 4 is 23.3 Å². The second kappa shape index (κ2) is 5.71. The number of nitrogens with zero attached hydrogens (tertiary/aromatic N) is 2. The number of hydrogen-bond donors (Lipinski definition) is 1. The number of carbonyl (C=O) groups is 1. The number of pyridine rings is 1. The van der Waals surface area contributed by atoms with Gasteiger partial charge in [0, 0.05) is 12.3 Å². The van der Waals surface area contributed by atoms with Crippen LogP contribution in [0.3, 0.4) is 0 Å². The van der Waals surface area contributed by atoms with Crippen molar-refractivity contribution in [3.63, 3.8) is 0 Å². The molecule has 0 radical (unpaired) electrons. The van der Waals surface area contributed by atoms with Gasteiger partial charge in [0.15, 0.2) is 11.6 Å². The van der Waals surface area contributed by atoms with Gasteiger partial charge in [0.2, 0.25) is 0 Å². The van der Waals surface area contributed by atoms with Crippen LogP contribution in [0, 0.1) is 15.9 Å². The normalized spacial score (nSPS) is 10.2.